The average molecular weight is 269 g/mol. The van der Waals surface area contributed by atoms with Gasteiger partial charge in [0.1, 0.15) is 4.99 Å². The van der Waals surface area contributed by atoms with Crippen LogP contribution in [0.15, 0.2) is 18.2 Å². The Balaban J connectivity index is 2.30. The molecule has 0 heterocycles. The summed E-state index contributed by atoms with van der Waals surface area (Å²) < 4.78 is 0. The van der Waals surface area contributed by atoms with Crippen molar-refractivity contribution in [2.24, 2.45) is 5.73 Å². The van der Waals surface area contributed by atoms with E-state index in [0.29, 0.717) is 10.0 Å². The summed E-state index contributed by atoms with van der Waals surface area (Å²) in [6.07, 6.45) is 4.79. The number of anilines is 1. The second-order valence-corrected chi connectivity index (χ2v) is 5.54. The molecule has 2 nitrogen and oxygen atoms in total. The largest absolute Gasteiger partial charge is 0.389 e. The fourth-order valence-corrected chi connectivity index (χ4v) is 2.64. The van der Waals surface area contributed by atoms with E-state index in [1.807, 2.05) is 18.2 Å². The summed E-state index contributed by atoms with van der Waals surface area (Å²) in [4.78, 5) is 0.412. The maximum Gasteiger partial charge on any atom is 0.106 e. The number of nitrogens with two attached hydrogens (primary N) is 1. The van der Waals surface area contributed by atoms with E-state index in [1.54, 1.807) is 0 Å². The van der Waals surface area contributed by atoms with Crippen LogP contribution in [0.25, 0.3) is 0 Å². The van der Waals surface area contributed by atoms with Crippen molar-refractivity contribution in [2.45, 2.75) is 38.1 Å². The molecule has 1 saturated carbocycles. The van der Waals surface area contributed by atoms with E-state index in [1.165, 1.54) is 19.3 Å². The van der Waals surface area contributed by atoms with E-state index in [2.05, 4.69) is 12.2 Å². The van der Waals surface area contributed by atoms with Crippen LogP contribution in [-0.2, 0) is 0 Å². The van der Waals surface area contributed by atoms with Crippen LogP contribution in [0.4, 0.5) is 5.69 Å². The minimum Gasteiger partial charge on any atom is -0.389 e. The Morgan fingerprint density at radius 3 is 2.71 bits per heavy atom. The van der Waals surface area contributed by atoms with Gasteiger partial charge >= 0.3 is 0 Å². The Morgan fingerprint density at radius 1 is 1.53 bits per heavy atom. The first-order valence-electron chi connectivity index (χ1n) is 5.94. The van der Waals surface area contributed by atoms with Crippen molar-refractivity contribution in [3.8, 4) is 0 Å². The summed E-state index contributed by atoms with van der Waals surface area (Å²) in [5.74, 6) is 0. The zero-order chi connectivity index (χ0) is 12.5. The third-order valence-corrected chi connectivity index (χ3v) is 4.09. The van der Waals surface area contributed by atoms with Crippen molar-refractivity contribution in [3.05, 3.63) is 28.8 Å². The van der Waals surface area contributed by atoms with Crippen LogP contribution in [0, 0.1) is 0 Å². The summed E-state index contributed by atoms with van der Waals surface area (Å²) in [5.41, 5.74) is 7.79. The second-order valence-electron chi connectivity index (χ2n) is 4.67. The molecule has 0 unspecified atom stereocenters. The first-order valence-corrected chi connectivity index (χ1v) is 6.72. The highest BCUT2D eigenvalue weighted by Gasteiger charge is 2.35. The van der Waals surface area contributed by atoms with E-state index in [9.17, 15) is 0 Å². The quantitative estimate of drug-likeness (QED) is 0.818. The summed E-state index contributed by atoms with van der Waals surface area (Å²) >= 11 is 11.1. The number of benzene rings is 1. The number of hydrogen-bond acceptors (Lipinski definition) is 2. The van der Waals surface area contributed by atoms with Crippen LogP contribution in [-0.4, -0.2) is 10.5 Å². The van der Waals surface area contributed by atoms with Gasteiger partial charge in [-0.1, -0.05) is 30.7 Å². The summed E-state index contributed by atoms with van der Waals surface area (Å²) in [5, 5.41) is 4.29. The lowest BCUT2D eigenvalue weighted by Crippen LogP contribution is -2.44. The van der Waals surface area contributed by atoms with Gasteiger partial charge in [-0.2, -0.15) is 0 Å². The number of thiocarbonyl (C=S) groups is 1. The molecule has 92 valence electrons. The highest BCUT2D eigenvalue weighted by molar-refractivity contribution is 7.80. The average Bonchev–Trinajstić information content (AvgIpc) is 2.23. The Labute approximate surface area is 113 Å². The second kappa shape index (κ2) is 4.83. The van der Waals surface area contributed by atoms with E-state index in [0.717, 1.165) is 17.7 Å². The minimum absolute atomic E-state index is 0.213. The van der Waals surface area contributed by atoms with Gasteiger partial charge in [0.25, 0.3) is 0 Å². The van der Waals surface area contributed by atoms with E-state index >= 15 is 0 Å². The van der Waals surface area contributed by atoms with Crippen molar-refractivity contribution in [3.63, 3.8) is 0 Å². The third kappa shape index (κ3) is 2.55. The van der Waals surface area contributed by atoms with Crippen LogP contribution in [0.5, 0.6) is 0 Å². The van der Waals surface area contributed by atoms with Crippen molar-refractivity contribution < 1.29 is 0 Å². The molecule has 0 radical (unpaired) electrons. The van der Waals surface area contributed by atoms with Gasteiger partial charge in [-0.15, -0.1) is 0 Å². The fourth-order valence-electron chi connectivity index (χ4n) is 2.29. The number of rotatable bonds is 4. The topological polar surface area (TPSA) is 38.0 Å². The molecule has 2 rings (SSSR count). The van der Waals surface area contributed by atoms with E-state index in [4.69, 9.17) is 29.6 Å². The molecule has 0 aliphatic heterocycles. The Bertz CT molecular complexity index is 436. The van der Waals surface area contributed by atoms with Crippen LogP contribution in [0.2, 0.25) is 5.02 Å². The predicted molar refractivity (Wildman–Crippen MR) is 77.8 cm³/mol. The molecule has 0 aromatic heterocycles. The van der Waals surface area contributed by atoms with Crippen molar-refractivity contribution in [1.82, 2.24) is 0 Å². The van der Waals surface area contributed by atoms with Gasteiger partial charge in [0, 0.05) is 21.8 Å². The first-order chi connectivity index (χ1) is 8.06. The SMILES string of the molecule is CCC1(Nc2cc(Cl)ccc2C(N)=S)CCC1. The van der Waals surface area contributed by atoms with Gasteiger partial charge in [0.05, 0.1) is 0 Å². The Morgan fingerprint density at radius 2 is 2.24 bits per heavy atom. The highest BCUT2D eigenvalue weighted by Crippen LogP contribution is 2.39. The summed E-state index contributed by atoms with van der Waals surface area (Å²) in [6, 6.07) is 5.61. The maximum absolute atomic E-state index is 6.03. The van der Waals surface area contributed by atoms with Gasteiger partial charge < -0.3 is 11.1 Å². The standard InChI is InChI=1S/C13H17ClN2S/c1-2-13(6-3-7-13)16-11-8-9(14)4-5-10(11)12(15)17/h4-5,8,16H,2-3,6-7H2,1H3,(H2,15,17). The molecule has 0 atom stereocenters. The Hall–Kier alpha value is -0.800. The molecule has 4 heteroatoms. The fraction of sp³-hybridized carbons (Fsp3) is 0.462. The van der Waals surface area contributed by atoms with Crippen molar-refractivity contribution in [2.75, 3.05) is 5.32 Å². The molecule has 0 bridgehead atoms. The van der Waals surface area contributed by atoms with Crippen LogP contribution in [0.1, 0.15) is 38.2 Å². The third-order valence-electron chi connectivity index (χ3n) is 3.63. The molecule has 1 aliphatic carbocycles. The maximum atomic E-state index is 6.03. The lowest BCUT2D eigenvalue weighted by atomic mass is 9.74. The van der Waals surface area contributed by atoms with E-state index < -0.39 is 0 Å². The number of halogens is 1. The molecule has 0 saturated heterocycles. The van der Waals surface area contributed by atoms with Gasteiger partial charge in [-0.05, 0) is 43.9 Å². The predicted octanol–water partition coefficient (Wildman–Crippen LogP) is 3.72. The van der Waals surface area contributed by atoms with E-state index in [-0.39, 0.29) is 5.54 Å². The van der Waals surface area contributed by atoms with Crippen molar-refractivity contribution in [1.29, 1.82) is 0 Å². The van der Waals surface area contributed by atoms with Crippen LogP contribution >= 0.6 is 23.8 Å². The molecule has 3 N–H and O–H groups in total. The molecular formula is C13H17ClN2S. The van der Waals surface area contributed by atoms with Gasteiger partial charge in [-0.25, -0.2) is 0 Å². The molecule has 1 aliphatic rings. The molecule has 0 amide bonds. The molecule has 1 aromatic rings. The normalized spacial score (nSPS) is 17.3. The minimum atomic E-state index is 0.213. The molecular weight excluding hydrogens is 252 g/mol. The number of hydrogen-bond donors (Lipinski definition) is 2. The Kier molecular flexibility index (Phi) is 3.59. The smallest absolute Gasteiger partial charge is 0.106 e. The highest BCUT2D eigenvalue weighted by atomic mass is 35.5. The summed E-state index contributed by atoms with van der Waals surface area (Å²) in [6.45, 7) is 2.21. The summed E-state index contributed by atoms with van der Waals surface area (Å²) in [7, 11) is 0. The molecule has 1 aromatic carbocycles. The monoisotopic (exact) mass is 268 g/mol. The lowest BCUT2D eigenvalue weighted by molar-refractivity contribution is 0.269. The van der Waals surface area contributed by atoms with Gasteiger partial charge in [0.15, 0.2) is 0 Å². The van der Waals surface area contributed by atoms with Gasteiger partial charge in [0.2, 0.25) is 0 Å². The van der Waals surface area contributed by atoms with Gasteiger partial charge in [-0.3, -0.25) is 0 Å². The first kappa shape index (κ1) is 12.7. The zero-order valence-electron chi connectivity index (χ0n) is 9.92. The molecule has 17 heavy (non-hydrogen) atoms. The molecule has 1 fully saturated rings. The van der Waals surface area contributed by atoms with Crippen LogP contribution < -0.4 is 11.1 Å². The molecule has 0 spiro atoms. The van der Waals surface area contributed by atoms with Crippen molar-refractivity contribution >= 4 is 34.5 Å². The van der Waals surface area contributed by atoms with Crippen LogP contribution in [0.3, 0.4) is 0 Å². The zero-order valence-corrected chi connectivity index (χ0v) is 11.5. The lowest BCUT2D eigenvalue weighted by Gasteiger charge is -2.43. The number of nitrogens with one attached hydrogen (secondary N) is 1.